The van der Waals surface area contributed by atoms with E-state index in [9.17, 15) is 4.39 Å². The fourth-order valence-corrected chi connectivity index (χ4v) is 2.37. The van der Waals surface area contributed by atoms with Gasteiger partial charge in [-0.2, -0.15) is 0 Å². The lowest BCUT2D eigenvalue weighted by atomic mass is 10.1. The predicted molar refractivity (Wildman–Crippen MR) is 71.4 cm³/mol. The number of likely N-dealkylation sites (tertiary alicyclic amines) is 1. The third kappa shape index (κ3) is 3.10. The van der Waals surface area contributed by atoms with Gasteiger partial charge in [-0.3, -0.25) is 4.90 Å². The predicted octanol–water partition coefficient (Wildman–Crippen LogP) is 2.12. The van der Waals surface area contributed by atoms with E-state index in [1.807, 2.05) is 12.1 Å². The summed E-state index contributed by atoms with van der Waals surface area (Å²) in [6, 6.07) is 5.79. The molecule has 1 aliphatic heterocycles. The van der Waals surface area contributed by atoms with E-state index in [1.54, 1.807) is 0 Å². The molecule has 0 spiro atoms. The summed E-state index contributed by atoms with van der Waals surface area (Å²) in [6.07, 6.45) is 2.50. The zero-order valence-corrected chi connectivity index (χ0v) is 10.7. The van der Waals surface area contributed by atoms with Crippen LogP contribution in [-0.2, 0) is 6.54 Å². The monoisotopic (exact) mass is 246 g/mol. The van der Waals surface area contributed by atoms with Crippen LogP contribution in [0, 0.1) is 17.7 Å². The molecule has 96 valence electrons. The van der Waals surface area contributed by atoms with Crippen molar-refractivity contribution >= 4 is 0 Å². The summed E-state index contributed by atoms with van der Waals surface area (Å²) in [5, 5.41) is 0. The normalized spacial score (nSPS) is 19.6. The molecular formula is C15H19FN2. The molecule has 1 aromatic carbocycles. The summed E-state index contributed by atoms with van der Waals surface area (Å²) in [7, 11) is 0. The molecule has 3 heteroatoms. The molecule has 1 heterocycles. The van der Waals surface area contributed by atoms with Crippen LogP contribution in [-0.4, -0.2) is 24.0 Å². The fraction of sp³-hybridized carbons (Fsp3) is 0.467. The van der Waals surface area contributed by atoms with Crippen LogP contribution in [0.3, 0.4) is 0 Å². The Balaban J connectivity index is 2.13. The number of hydrogen-bond acceptors (Lipinski definition) is 2. The minimum atomic E-state index is -0.269. The van der Waals surface area contributed by atoms with Crippen LogP contribution in [0.25, 0.3) is 0 Å². The van der Waals surface area contributed by atoms with Crippen LogP contribution in [0.5, 0.6) is 0 Å². The third-order valence-corrected chi connectivity index (χ3v) is 3.43. The van der Waals surface area contributed by atoms with E-state index in [0.717, 1.165) is 18.7 Å². The highest BCUT2D eigenvalue weighted by atomic mass is 19.1. The highest BCUT2D eigenvalue weighted by Gasteiger charge is 2.20. The van der Waals surface area contributed by atoms with Gasteiger partial charge in [-0.25, -0.2) is 4.39 Å². The first-order chi connectivity index (χ1) is 8.70. The lowest BCUT2D eigenvalue weighted by Gasteiger charge is -2.21. The number of hydrogen-bond donors (Lipinski definition) is 1. The Morgan fingerprint density at radius 1 is 1.50 bits per heavy atom. The van der Waals surface area contributed by atoms with Gasteiger partial charge < -0.3 is 5.73 Å². The maximum atomic E-state index is 13.5. The third-order valence-electron chi connectivity index (χ3n) is 3.43. The van der Waals surface area contributed by atoms with Crippen molar-refractivity contribution in [1.29, 1.82) is 0 Å². The maximum absolute atomic E-state index is 13.5. The Hall–Kier alpha value is -1.37. The van der Waals surface area contributed by atoms with Crippen LogP contribution < -0.4 is 5.73 Å². The second kappa shape index (κ2) is 5.99. The van der Waals surface area contributed by atoms with Gasteiger partial charge in [-0.05, 0) is 44.0 Å². The summed E-state index contributed by atoms with van der Waals surface area (Å²) in [5.74, 6) is 5.21. The van der Waals surface area contributed by atoms with E-state index in [0.29, 0.717) is 11.6 Å². The zero-order chi connectivity index (χ0) is 13.0. The highest BCUT2D eigenvalue weighted by Crippen LogP contribution is 2.20. The minimum absolute atomic E-state index is 0.257. The summed E-state index contributed by atoms with van der Waals surface area (Å²) in [5.41, 5.74) is 6.88. The molecule has 0 amide bonds. The molecule has 1 aliphatic rings. The summed E-state index contributed by atoms with van der Waals surface area (Å²) in [6.45, 7) is 4.50. The number of rotatable bonds is 2. The zero-order valence-electron chi connectivity index (χ0n) is 10.7. The van der Waals surface area contributed by atoms with Crippen LogP contribution in [0.2, 0.25) is 0 Å². The number of nitrogens with zero attached hydrogens (tertiary/aromatic N) is 1. The van der Waals surface area contributed by atoms with E-state index >= 15 is 0 Å². The summed E-state index contributed by atoms with van der Waals surface area (Å²) in [4.78, 5) is 2.42. The van der Waals surface area contributed by atoms with Crippen LogP contribution in [0.1, 0.15) is 30.9 Å². The SMILES string of the molecule is CC1CCCN1Cc1ccc(F)c(C#CCN)c1. The van der Waals surface area contributed by atoms with E-state index in [1.165, 1.54) is 18.9 Å². The van der Waals surface area contributed by atoms with Crippen molar-refractivity contribution in [2.24, 2.45) is 5.73 Å². The van der Waals surface area contributed by atoms with Crippen LogP contribution >= 0.6 is 0 Å². The Morgan fingerprint density at radius 2 is 2.33 bits per heavy atom. The molecule has 2 N–H and O–H groups in total. The second-order valence-electron chi connectivity index (χ2n) is 4.78. The molecule has 18 heavy (non-hydrogen) atoms. The average Bonchev–Trinajstić information content (AvgIpc) is 2.76. The number of benzene rings is 1. The molecule has 0 radical (unpaired) electrons. The van der Waals surface area contributed by atoms with Crippen LogP contribution in [0.4, 0.5) is 4.39 Å². The van der Waals surface area contributed by atoms with Crippen molar-refractivity contribution in [2.45, 2.75) is 32.4 Å². The molecule has 0 bridgehead atoms. The van der Waals surface area contributed by atoms with Gasteiger partial charge in [0.1, 0.15) is 5.82 Å². The molecular weight excluding hydrogens is 227 g/mol. The highest BCUT2D eigenvalue weighted by molar-refractivity contribution is 5.38. The molecule has 1 aromatic rings. The Kier molecular flexibility index (Phi) is 4.35. The van der Waals surface area contributed by atoms with E-state index in [4.69, 9.17) is 5.73 Å². The maximum Gasteiger partial charge on any atom is 0.138 e. The molecule has 1 unspecified atom stereocenters. The fourth-order valence-electron chi connectivity index (χ4n) is 2.37. The lowest BCUT2D eigenvalue weighted by molar-refractivity contribution is 0.260. The van der Waals surface area contributed by atoms with E-state index in [-0.39, 0.29) is 12.4 Å². The molecule has 0 saturated carbocycles. The molecule has 0 aliphatic carbocycles. The van der Waals surface area contributed by atoms with Gasteiger partial charge in [0.15, 0.2) is 0 Å². The van der Waals surface area contributed by atoms with Gasteiger partial charge in [-0.1, -0.05) is 17.9 Å². The van der Waals surface area contributed by atoms with Crippen molar-refractivity contribution in [3.05, 3.63) is 35.1 Å². The number of nitrogens with two attached hydrogens (primary N) is 1. The van der Waals surface area contributed by atoms with Crippen molar-refractivity contribution < 1.29 is 4.39 Å². The number of halogens is 1. The smallest absolute Gasteiger partial charge is 0.138 e. The Morgan fingerprint density at radius 3 is 3.00 bits per heavy atom. The molecule has 2 rings (SSSR count). The summed E-state index contributed by atoms with van der Waals surface area (Å²) < 4.78 is 13.5. The van der Waals surface area contributed by atoms with Crippen molar-refractivity contribution in [3.63, 3.8) is 0 Å². The second-order valence-corrected chi connectivity index (χ2v) is 4.78. The average molecular weight is 246 g/mol. The molecule has 1 fully saturated rings. The Bertz CT molecular complexity index is 473. The Labute approximate surface area is 108 Å². The first-order valence-corrected chi connectivity index (χ1v) is 6.42. The van der Waals surface area contributed by atoms with Gasteiger partial charge in [0.05, 0.1) is 12.1 Å². The molecule has 1 saturated heterocycles. The van der Waals surface area contributed by atoms with Gasteiger partial charge in [0, 0.05) is 12.6 Å². The minimum Gasteiger partial charge on any atom is -0.320 e. The lowest BCUT2D eigenvalue weighted by Crippen LogP contribution is -2.26. The topological polar surface area (TPSA) is 29.3 Å². The van der Waals surface area contributed by atoms with E-state index in [2.05, 4.69) is 23.7 Å². The quantitative estimate of drug-likeness (QED) is 0.810. The molecule has 2 nitrogen and oxygen atoms in total. The molecule has 0 aromatic heterocycles. The van der Waals surface area contributed by atoms with Crippen LogP contribution in [0.15, 0.2) is 18.2 Å². The largest absolute Gasteiger partial charge is 0.320 e. The first-order valence-electron chi connectivity index (χ1n) is 6.42. The van der Waals surface area contributed by atoms with Crippen molar-refractivity contribution in [3.8, 4) is 11.8 Å². The van der Waals surface area contributed by atoms with Gasteiger partial charge in [-0.15, -0.1) is 0 Å². The van der Waals surface area contributed by atoms with Crippen molar-refractivity contribution in [1.82, 2.24) is 4.90 Å². The standard InChI is InChI=1S/C15H19FN2/c1-12-4-3-9-18(12)11-13-6-7-15(16)14(10-13)5-2-8-17/h6-7,10,12H,3-4,8-9,11,17H2,1H3. The first kappa shape index (κ1) is 13.1. The van der Waals surface area contributed by atoms with Gasteiger partial charge >= 0.3 is 0 Å². The van der Waals surface area contributed by atoms with Gasteiger partial charge in [0.2, 0.25) is 0 Å². The van der Waals surface area contributed by atoms with Crippen molar-refractivity contribution in [2.75, 3.05) is 13.1 Å². The molecule has 1 atom stereocenters. The van der Waals surface area contributed by atoms with E-state index < -0.39 is 0 Å². The van der Waals surface area contributed by atoms with Gasteiger partial charge in [0.25, 0.3) is 0 Å². The summed E-state index contributed by atoms with van der Waals surface area (Å²) >= 11 is 0.